The van der Waals surface area contributed by atoms with Crippen molar-refractivity contribution in [2.45, 2.75) is 107 Å². The average Bonchev–Trinajstić information content (AvgIpc) is 3.55. The number of hydrogen-bond acceptors (Lipinski definition) is 0. The van der Waals surface area contributed by atoms with Gasteiger partial charge >= 0.3 is 112 Å². The molecule has 1 heteroatoms. The number of allylic oxidation sites excluding steroid dienone is 4. The van der Waals surface area contributed by atoms with Gasteiger partial charge in [0.15, 0.2) is 0 Å². The van der Waals surface area contributed by atoms with Crippen LogP contribution in [0.15, 0.2) is 96.1 Å². The predicted octanol–water partition coefficient (Wildman–Crippen LogP) is 12.4. The van der Waals surface area contributed by atoms with Crippen LogP contribution in [0.1, 0.15) is 121 Å². The van der Waals surface area contributed by atoms with Crippen LogP contribution in [0.25, 0.3) is 11.1 Å². The summed E-state index contributed by atoms with van der Waals surface area (Å²) >= 11 is 1.46. The van der Waals surface area contributed by atoms with E-state index in [4.69, 9.17) is 0 Å². The van der Waals surface area contributed by atoms with Gasteiger partial charge in [0.05, 0.1) is 0 Å². The van der Waals surface area contributed by atoms with Gasteiger partial charge in [0.2, 0.25) is 0 Å². The van der Waals surface area contributed by atoms with Gasteiger partial charge in [-0.25, -0.2) is 5.57 Å². The Bertz CT molecular complexity index is 1700. The Hall–Kier alpha value is -2.89. The molecular weight excluding hydrogens is 656 g/mol. The van der Waals surface area contributed by atoms with Gasteiger partial charge in [0.1, 0.15) is 0 Å². The number of rotatable bonds is 2. The molecule has 0 amide bonds. The first-order valence-corrected chi connectivity index (χ1v) is 18.7. The minimum absolute atomic E-state index is 0.177. The number of fused-ring (bicyclic) bond motifs is 3. The zero-order valence-corrected chi connectivity index (χ0v) is 34.3. The summed E-state index contributed by atoms with van der Waals surface area (Å²) in [6, 6.07) is 32.6. The summed E-state index contributed by atoms with van der Waals surface area (Å²) in [6.07, 6.45) is 6.74. The van der Waals surface area contributed by atoms with Gasteiger partial charge in [-0.3, -0.25) is 6.08 Å². The molecule has 0 aromatic heterocycles. The predicted molar refractivity (Wildman–Crippen MR) is 206 cm³/mol. The molecule has 0 nitrogen and oxygen atoms in total. The molecule has 0 fully saturated rings. The average molecular weight is 712 g/mol. The molecule has 2 aliphatic rings. The monoisotopic (exact) mass is 710 g/mol. The third-order valence-electron chi connectivity index (χ3n) is 9.28. The maximum absolute atomic E-state index is 3.53. The summed E-state index contributed by atoms with van der Waals surface area (Å²) < 4.78 is 1.42. The summed E-state index contributed by atoms with van der Waals surface area (Å²) in [6.45, 7) is 29.0. The summed E-state index contributed by atoms with van der Waals surface area (Å²) in [5.74, 6) is 0.518. The van der Waals surface area contributed by atoms with E-state index < -0.39 is 0 Å². The molecule has 1 atom stereocenters. The number of hydrogen-bond donors (Lipinski definition) is 0. The minimum atomic E-state index is 0.177. The normalized spacial score (nSPS) is 15.3. The molecule has 4 aromatic rings. The standard InChI is InChI=1S/C21H25.C15H14.C11H17.Zr/c1-20(2,3)16-9-7-14-11-15-8-10-17(21(4,5)6)13-19(15)18(14)12-16;1-12-3-7-14(8-4-12)11-15-9-5-13(2)6-10-15;1-8-6-9(2)10(7-8)11(3,4)5;/h7,9-10,12-13H,11H2,1-6H3;3-10H,1-2H3;7-8H,1-5H3;/q-1;;-1;+2. The van der Waals surface area contributed by atoms with Gasteiger partial charge in [-0.2, -0.15) is 41.0 Å². The van der Waals surface area contributed by atoms with Crippen LogP contribution in [-0.4, -0.2) is 3.21 Å². The second-order valence-electron chi connectivity index (χ2n) is 16.8. The van der Waals surface area contributed by atoms with Crippen molar-refractivity contribution in [3.05, 3.63) is 153 Å². The van der Waals surface area contributed by atoms with Gasteiger partial charge in [0, 0.05) is 0 Å². The summed E-state index contributed by atoms with van der Waals surface area (Å²) in [4.78, 5) is 0. The molecule has 4 aromatic carbocycles. The van der Waals surface area contributed by atoms with E-state index in [1.807, 2.05) is 0 Å². The Morgan fingerprint density at radius 2 is 1.15 bits per heavy atom. The fourth-order valence-corrected chi connectivity index (χ4v) is 7.06. The van der Waals surface area contributed by atoms with E-state index in [-0.39, 0.29) is 10.8 Å². The first-order valence-electron chi connectivity index (χ1n) is 17.5. The van der Waals surface area contributed by atoms with Crippen molar-refractivity contribution in [2.24, 2.45) is 11.3 Å². The van der Waals surface area contributed by atoms with Crippen molar-refractivity contribution >= 4 is 3.21 Å². The van der Waals surface area contributed by atoms with E-state index >= 15 is 0 Å². The summed E-state index contributed by atoms with van der Waals surface area (Å²) in [7, 11) is 0. The molecule has 0 heterocycles. The van der Waals surface area contributed by atoms with Crippen LogP contribution < -0.4 is 0 Å². The van der Waals surface area contributed by atoms with Crippen molar-refractivity contribution in [1.82, 2.24) is 0 Å². The quantitative estimate of drug-likeness (QED) is 0.160. The fourth-order valence-electron chi connectivity index (χ4n) is 6.24. The fraction of sp³-hybridized carbons (Fsp3) is 0.383. The van der Waals surface area contributed by atoms with E-state index in [0.717, 1.165) is 6.42 Å². The Morgan fingerprint density at radius 3 is 1.56 bits per heavy atom. The van der Waals surface area contributed by atoms with Crippen LogP contribution in [0.4, 0.5) is 0 Å². The zero-order valence-electron chi connectivity index (χ0n) is 31.9. The second kappa shape index (κ2) is 14.9. The van der Waals surface area contributed by atoms with Gasteiger partial charge < -0.3 is 0 Å². The Balaban J connectivity index is 0.000000171. The molecule has 0 aliphatic heterocycles. The van der Waals surface area contributed by atoms with Crippen LogP contribution in [0.2, 0.25) is 0 Å². The van der Waals surface area contributed by atoms with E-state index in [1.165, 1.54) is 94.2 Å². The number of benzene rings is 4. The van der Waals surface area contributed by atoms with Gasteiger partial charge in [-0.05, 0) is 17.4 Å². The third-order valence-corrected chi connectivity index (χ3v) is 10.7. The summed E-state index contributed by atoms with van der Waals surface area (Å²) in [5, 5.41) is 0. The topological polar surface area (TPSA) is 0 Å². The van der Waals surface area contributed by atoms with Crippen molar-refractivity contribution in [1.29, 1.82) is 0 Å². The number of aryl methyl sites for hydroxylation is 2. The van der Waals surface area contributed by atoms with Crippen molar-refractivity contribution in [2.75, 3.05) is 0 Å². The Kier molecular flexibility index (Phi) is 11.8. The van der Waals surface area contributed by atoms with Gasteiger partial charge in [-0.1, -0.05) is 122 Å². The van der Waals surface area contributed by atoms with E-state index in [2.05, 4.69) is 187 Å². The molecule has 248 valence electrons. The van der Waals surface area contributed by atoms with Crippen molar-refractivity contribution < 1.29 is 24.2 Å². The zero-order chi connectivity index (χ0) is 35.6. The van der Waals surface area contributed by atoms with E-state index in [9.17, 15) is 0 Å². The Labute approximate surface area is 308 Å². The third kappa shape index (κ3) is 9.63. The molecule has 0 bridgehead atoms. The second-order valence-corrected chi connectivity index (χ2v) is 18.1. The maximum atomic E-state index is 3.53. The molecule has 48 heavy (non-hydrogen) atoms. The molecule has 2 aliphatic carbocycles. The van der Waals surface area contributed by atoms with Crippen LogP contribution in [0.5, 0.6) is 0 Å². The van der Waals surface area contributed by atoms with Crippen LogP contribution in [0.3, 0.4) is 0 Å². The first kappa shape index (κ1) is 37.9. The van der Waals surface area contributed by atoms with E-state index in [0.29, 0.717) is 11.3 Å². The molecule has 0 spiro atoms. The van der Waals surface area contributed by atoms with Crippen LogP contribution >= 0.6 is 0 Å². The molecule has 0 saturated heterocycles. The van der Waals surface area contributed by atoms with Crippen LogP contribution in [0, 0.1) is 37.3 Å². The van der Waals surface area contributed by atoms with Crippen molar-refractivity contribution in [3.8, 4) is 11.1 Å². The van der Waals surface area contributed by atoms with E-state index in [1.54, 1.807) is 0 Å². The van der Waals surface area contributed by atoms with Gasteiger partial charge in [0.25, 0.3) is 0 Å². The van der Waals surface area contributed by atoms with Crippen LogP contribution in [-0.2, 0) is 41.5 Å². The van der Waals surface area contributed by atoms with Crippen molar-refractivity contribution in [3.63, 3.8) is 0 Å². The first-order chi connectivity index (χ1) is 22.2. The molecule has 0 N–H and O–H groups in total. The Morgan fingerprint density at radius 1 is 0.646 bits per heavy atom. The molecular formula is C47H56Zr. The SMILES string of the molecule is CC(C)(C)c1c[c-]c2c(c1)-c1cc(C(C)(C)C)ccc1C2.CC1=[C-]C(C)C=C1C(C)(C)C.Cc1ccc([C](=[Zr+2])c2ccc(C)cc2)cc1. The molecule has 6 rings (SSSR count). The molecule has 0 saturated carbocycles. The molecule has 0 radical (unpaired) electrons. The molecule has 1 unspecified atom stereocenters. The van der Waals surface area contributed by atoms with Gasteiger partial charge in [-0.15, -0.1) is 5.56 Å². The summed E-state index contributed by atoms with van der Waals surface area (Å²) in [5.41, 5.74) is 17.2.